The Labute approximate surface area is 209 Å². The summed E-state index contributed by atoms with van der Waals surface area (Å²) in [6.45, 7) is 3.54. The number of aromatic nitrogens is 1. The number of rotatable bonds is 7. The highest BCUT2D eigenvalue weighted by atomic mass is 32.1. The van der Waals surface area contributed by atoms with Crippen molar-refractivity contribution < 1.29 is 24.0 Å². The number of amides is 3. The molecule has 0 saturated heterocycles. The van der Waals surface area contributed by atoms with Gasteiger partial charge in [-0.15, -0.1) is 11.3 Å². The summed E-state index contributed by atoms with van der Waals surface area (Å²) in [5.41, 5.74) is 1.36. The van der Waals surface area contributed by atoms with Crippen molar-refractivity contribution in [2.24, 2.45) is 0 Å². The summed E-state index contributed by atoms with van der Waals surface area (Å²) in [6.07, 6.45) is 3.62. The average molecular weight is 508 g/mol. The lowest BCUT2D eigenvalue weighted by Crippen LogP contribution is -2.23. The number of carbonyl (C=O) groups is 3. The SMILES string of the molecule is CCOC(=O)c1c(NC(=O)Nc2cccc(N3C=CCC3=O)n2)sc(-c2ccc([N+](=O)[O-])cc2)c1C. The number of ether oxygens (including phenoxy) is 1. The molecule has 36 heavy (non-hydrogen) atoms. The molecule has 0 spiro atoms. The minimum Gasteiger partial charge on any atom is -0.462 e. The van der Waals surface area contributed by atoms with Gasteiger partial charge in [-0.05, 0) is 49.2 Å². The lowest BCUT2D eigenvalue weighted by molar-refractivity contribution is -0.384. The summed E-state index contributed by atoms with van der Waals surface area (Å²) >= 11 is 1.15. The van der Waals surface area contributed by atoms with Crippen LogP contribution in [-0.2, 0) is 9.53 Å². The predicted molar refractivity (Wildman–Crippen MR) is 135 cm³/mol. The Balaban J connectivity index is 1.60. The summed E-state index contributed by atoms with van der Waals surface area (Å²) in [6, 6.07) is 10.1. The minimum absolute atomic E-state index is 0.0582. The van der Waals surface area contributed by atoms with Gasteiger partial charge in [-0.1, -0.05) is 12.1 Å². The van der Waals surface area contributed by atoms with E-state index in [9.17, 15) is 24.5 Å². The molecule has 2 N–H and O–H groups in total. The maximum Gasteiger partial charge on any atom is 0.341 e. The second-order valence-electron chi connectivity index (χ2n) is 7.60. The van der Waals surface area contributed by atoms with Crippen LogP contribution in [0.4, 0.5) is 27.1 Å². The van der Waals surface area contributed by atoms with Crippen molar-refractivity contribution >= 4 is 51.6 Å². The molecule has 0 unspecified atom stereocenters. The van der Waals surface area contributed by atoms with Crippen molar-refractivity contribution in [2.45, 2.75) is 20.3 Å². The molecule has 1 aliphatic rings. The Hall–Kier alpha value is -4.58. The van der Waals surface area contributed by atoms with E-state index in [1.165, 1.54) is 17.0 Å². The largest absolute Gasteiger partial charge is 0.462 e. The third-order valence-electron chi connectivity index (χ3n) is 5.23. The van der Waals surface area contributed by atoms with Crippen LogP contribution in [0.1, 0.15) is 29.3 Å². The molecule has 1 aliphatic heterocycles. The van der Waals surface area contributed by atoms with Gasteiger partial charge in [0.2, 0.25) is 5.91 Å². The van der Waals surface area contributed by atoms with Crippen LogP contribution in [0.2, 0.25) is 0 Å². The predicted octanol–water partition coefficient (Wildman–Crippen LogP) is 5.10. The summed E-state index contributed by atoms with van der Waals surface area (Å²) < 4.78 is 5.18. The minimum atomic E-state index is -0.648. The summed E-state index contributed by atoms with van der Waals surface area (Å²) in [4.78, 5) is 54.3. The molecule has 11 nitrogen and oxygen atoms in total. The molecular weight excluding hydrogens is 486 g/mol. The molecule has 0 fully saturated rings. The Morgan fingerprint density at radius 2 is 1.94 bits per heavy atom. The monoisotopic (exact) mass is 507 g/mol. The van der Waals surface area contributed by atoms with E-state index in [0.717, 1.165) is 11.3 Å². The maximum atomic E-state index is 12.8. The van der Waals surface area contributed by atoms with E-state index < -0.39 is 16.9 Å². The number of nitro groups is 1. The molecule has 12 heteroatoms. The zero-order valence-corrected chi connectivity index (χ0v) is 20.1. The second kappa shape index (κ2) is 10.4. The molecule has 1 aromatic carbocycles. The van der Waals surface area contributed by atoms with Crippen LogP contribution in [0.5, 0.6) is 0 Å². The number of non-ortho nitro benzene ring substituents is 1. The molecule has 0 aliphatic carbocycles. The Bertz CT molecular complexity index is 1380. The van der Waals surface area contributed by atoms with E-state index in [2.05, 4.69) is 15.6 Å². The Morgan fingerprint density at radius 3 is 2.58 bits per heavy atom. The number of pyridine rings is 1. The molecule has 184 valence electrons. The molecule has 0 saturated carbocycles. The number of benzene rings is 1. The lowest BCUT2D eigenvalue weighted by atomic mass is 10.1. The van der Waals surface area contributed by atoms with Gasteiger partial charge in [-0.2, -0.15) is 0 Å². The van der Waals surface area contributed by atoms with Crippen LogP contribution in [-0.4, -0.2) is 34.4 Å². The van der Waals surface area contributed by atoms with Crippen LogP contribution >= 0.6 is 11.3 Å². The highest BCUT2D eigenvalue weighted by molar-refractivity contribution is 7.20. The van der Waals surface area contributed by atoms with E-state index in [1.807, 2.05) is 0 Å². The highest BCUT2D eigenvalue weighted by Gasteiger charge is 2.25. The maximum absolute atomic E-state index is 12.8. The topological polar surface area (TPSA) is 144 Å². The third kappa shape index (κ3) is 5.08. The number of thiophene rings is 1. The summed E-state index contributed by atoms with van der Waals surface area (Å²) in [7, 11) is 0. The number of hydrogen-bond acceptors (Lipinski definition) is 8. The molecule has 3 heterocycles. The first-order valence-corrected chi connectivity index (χ1v) is 11.7. The smallest absolute Gasteiger partial charge is 0.341 e. The van der Waals surface area contributed by atoms with E-state index in [-0.39, 0.29) is 41.0 Å². The van der Waals surface area contributed by atoms with Crippen LogP contribution in [0.25, 0.3) is 10.4 Å². The van der Waals surface area contributed by atoms with Crippen LogP contribution in [0.3, 0.4) is 0 Å². The first-order valence-electron chi connectivity index (χ1n) is 10.9. The van der Waals surface area contributed by atoms with Crippen molar-refractivity contribution in [2.75, 3.05) is 22.1 Å². The number of nitro benzene ring substituents is 1. The van der Waals surface area contributed by atoms with Crippen LogP contribution < -0.4 is 15.5 Å². The lowest BCUT2D eigenvalue weighted by Gasteiger charge is -2.14. The average Bonchev–Trinajstić information content (AvgIpc) is 3.42. The fraction of sp³-hybridized carbons (Fsp3) is 0.167. The number of nitrogens with one attached hydrogen (secondary N) is 2. The standard InChI is InChI=1S/C24H21N5O6S/c1-3-35-23(31)20-14(2)21(15-9-11-16(12-10-15)29(33)34)36-22(20)27-24(32)26-17-6-4-7-18(25-17)28-13-5-8-19(28)30/h4-7,9-13H,3,8H2,1-2H3,(H2,25,26,27,32). The van der Waals surface area contributed by atoms with E-state index >= 15 is 0 Å². The number of anilines is 3. The number of esters is 1. The number of urea groups is 1. The first kappa shape index (κ1) is 24.5. The van der Waals surface area contributed by atoms with Gasteiger partial charge in [0.05, 0.1) is 17.1 Å². The van der Waals surface area contributed by atoms with Gasteiger partial charge in [-0.3, -0.25) is 30.4 Å². The molecule has 3 aromatic rings. The van der Waals surface area contributed by atoms with Gasteiger partial charge >= 0.3 is 12.0 Å². The number of hydrogen-bond donors (Lipinski definition) is 2. The van der Waals surface area contributed by atoms with Gasteiger partial charge in [0.1, 0.15) is 16.6 Å². The highest BCUT2D eigenvalue weighted by Crippen LogP contribution is 2.40. The summed E-state index contributed by atoms with van der Waals surface area (Å²) in [5, 5.41) is 16.5. The van der Waals surface area contributed by atoms with Crippen molar-refractivity contribution in [1.82, 2.24) is 4.98 Å². The van der Waals surface area contributed by atoms with E-state index in [4.69, 9.17) is 4.74 Å². The zero-order chi connectivity index (χ0) is 25.8. The molecular formula is C24H21N5O6S. The molecule has 0 radical (unpaired) electrons. The van der Waals surface area contributed by atoms with Crippen LogP contribution in [0, 0.1) is 17.0 Å². The Morgan fingerprint density at radius 1 is 1.19 bits per heavy atom. The van der Waals surface area contributed by atoms with Gasteiger partial charge < -0.3 is 4.74 Å². The molecule has 2 aromatic heterocycles. The van der Waals surface area contributed by atoms with Crippen molar-refractivity contribution in [3.05, 3.63) is 76.0 Å². The molecule has 4 rings (SSSR count). The van der Waals surface area contributed by atoms with Crippen molar-refractivity contribution in [3.8, 4) is 10.4 Å². The number of carbonyl (C=O) groups excluding carboxylic acids is 3. The first-order chi connectivity index (χ1) is 17.3. The molecule has 0 bridgehead atoms. The zero-order valence-electron chi connectivity index (χ0n) is 19.3. The van der Waals surface area contributed by atoms with Crippen molar-refractivity contribution in [1.29, 1.82) is 0 Å². The quantitative estimate of drug-likeness (QED) is 0.257. The van der Waals surface area contributed by atoms with Gasteiger partial charge in [0, 0.05) is 29.6 Å². The molecule has 0 atom stereocenters. The van der Waals surface area contributed by atoms with Crippen molar-refractivity contribution in [3.63, 3.8) is 0 Å². The fourth-order valence-corrected chi connectivity index (χ4v) is 4.78. The number of nitrogens with zero attached hydrogens (tertiary/aromatic N) is 3. The van der Waals surface area contributed by atoms with E-state index in [1.54, 1.807) is 56.5 Å². The van der Waals surface area contributed by atoms with Gasteiger partial charge in [0.25, 0.3) is 5.69 Å². The van der Waals surface area contributed by atoms with Crippen LogP contribution in [0.15, 0.2) is 54.7 Å². The van der Waals surface area contributed by atoms with Gasteiger partial charge in [0.15, 0.2) is 0 Å². The molecule has 3 amide bonds. The summed E-state index contributed by atoms with van der Waals surface area (Å²) in [5.74, 6) is -0.156. The second-order valence-corrected chi connectivity index (χ2v) is 8.62. The normalized spacial score (nSPS) is 12.5. The fourth-order valence-electron chi connectivity index (χ4n) is 3.58. The third-order valence-corrected chi connectivity index (χ3v) is 6.49. The Kier molecular flexibility index (Phi) is 7.06. The van der Waals surface area contributed by atoms with Gasteiger partial charge in [-0.25, -0.2) is 14.6 Å². The van der Waals surface area contributed by atoms with E-state index in [0.29, 0.717) is 21.8 Å².